The first kappa shape index (κ1) is 17.9. The Balaban J connectivity index is 2.01. The predicted octanol–water partition coefficient (Wildman–Crippen LogP) is 2.89. The van der Waals surface area contributed by atoms with Gasteiger partial charge in [-0.15, -0.1) is 0 Å². The highest BCUT2D eigenvalue weighted by Crippen LogP contribution is 2.18. The first-order valence-corrected chi connectivity index (χ1v) is 7.30. The molecule has 0 aliphatic rings. The minimum Gasteiger partial charge on any atom is -0.494 e. The second-order valence-corrected chi connectivity index (χ2v) is 5.08. The number of esters is 1. The molecular formula is C18H15FN2O4. The van der Waals surface area contributed by atoms with E-state index in [-0.39, 0.29) is 11.3 Å². The molecule has 7 heteroatoms. The highest BCUT2D eigenvalue weighted by atomic mass is 19.1. The van der Waals surface area contributed by atoms with Crippen LogP contribution >= 0.6 is 0 Å². The van der Waals surface area contributed by atoms with Crippen LogP contribution in [0.2, 0.25) is 0 Å². The lowest BCUT2D eigenvalue weighted by molar-refractivity contribution is -0.123. The molecule has 1 amide bonds. The summed E-state index contributed by atoms with van der Waals surface area (Å²) in [5.74, 6) is -2.12. The lowest BCUT2D eigenvalue weighted by Gasteiger charge is -2.14. The van der Waals surface area contributed by atoms with Gasteiger partial charge in [-0.1, -0.05) is 6.07 Å². The monoisotopic (exact) mass is 342 g/mol. The molecule has 0 spiro atoms. The Labute approximate surface area is 143 Å². The highest BCUT2D eigenvalue weighted by molar-refractivity contribution is 5.97. The molecule has 0 fully saturated rings. The van der Waals surface area contributed by atoms with Crippen molar-refractivity contribution in [3.8, 4) is 11.8 Å². The van der Waals surface area contributed by atoms with Gasteiger partial charge in [0.2, 0.25) is 0 Å². The molecule has 0 bridgehead atoms. The summed E-state index contributed by atoms with van der Waals surface area (Å²) in [4.78, 5) is 24.1. The number of ether oxygens (including phenoxy) is 2. The van der Waals surface area contributed by atoms with E-state index in [0.29, 0.717) is 11.3 Å². The topological polar surface area (TPSA) is 88.4 Å². The van der Waals surface area contributed by atoms with Crippen LogP contribution < -0.4 is 10.1 Å². The van der Waals surface area contributed by atoms with E-state index < -0.39 is 23.8 Å². The number of rotatable bonds is 5. The van der Waals surface area contributed by atoms with Crippen LogP contribution in [0.25, 0.3) is 0 Å². The largest absolute Gasteiger partial charge is 0.494 e. The zero-order valence-electron chi connectivity index (χ0n) is 13.6. The van der Waals surface area contributed by atoms with Gasteiger partial charge in [0, 0.05) is 5.69 Å². The molecule has 0 aromatic heterocycles. The Morgan fingerprint density at radius 3 is 2.64 bits per heavy atom. The summed E-state index contributed by atoms with van der Waals surface area (Å²) in [5.41, 5.74) is 0.753. The summed E-state index contributed by atoms with van der Waals surface area (Å²) in [6.45, 7) is 1.39. The molecule has 2 aromatic rings. The normalized spacial score (nSPS) is 11.1. The number of methoxy groups -OCH3 is 1. The average molecular weight is 342 g/mol. The Kier molecular flexibility index (Phi) is 5.69. The second kappa shape index (κ2) is 7.93. The second-order valence-electron chi connectivity index (χ2n) is 5.08. The van der Waals surface area contributed by atoms with Gasteiger partial charge in [-0.05, 0) is 43.3 Å². The Hall–Kier alpha value is -3.40. The number of nitrogens with zero attached hydrogens (tertiary/aromatic N) is 1. The molecule has 0 unspecified atom stereocenters. The third kappa shape index (κ3) is 4.54. The molecule has 6 nitrogen and oxygen atoms in total. The highest BCUT2D eigenvalue weighted by Gasteiger charge is 2.20. The summed E-state index contributed by atoms with van der Waals surface area (Å²) in [5, 5.41) is 11.4. The maximum absolute atomic E-state index is 13.6. The number of halogens is 1. The van der Waals surface area contributed by atoms with Crippen molar-refractivity contribution in [2.75, 3.05) is 12.4 Å². The number of anilines is 1. The third-order valence-corrected chi connectivity index (χ3v) is 3.30. The number of nitrogens with one attached hydrogen (secondary N) is 1. The van der Waals surface area contributed by atoms with Crippen LogP contribution in [-0.4, -0.2) is 25.1 Å². The first-order valence-electron chi connectivity index (χ1n) is 7.30. The van der Waals surface area contributed by atoms with Crippen LogP contribution in [0.3, 0.4) is 0 Å². The quantitative estimate of drug-likeness (QED) is 0.844. The molecule has 0 heterocycles. The van der Waals surface area contributed by atoms with Crippen molar-refractivity contribution >= 4 is 17.6 Å². The van der Waals surface area contributed by atoms with Gasteiger partial charge in [-0.2, -0.15) is 5.26 Å². The third-order valence-electron chi connectivity index (χ3n) is 3.30. The minimum absolute atomic E-state index is 0.000263. The van der Waals surface area contributed by atoms with Crippen LogP contribution in [-0.2, 0) is 9.53 Å². The van der Waals surface area contributed by atoms with E-state index in [9.17, 15) is 14.0 Å². The van der Waals surface area contributed by atoms with E-state index in [2.05, 4.69) is 5.32 Å². The number of amides is 1. The van der Waals surface area contributed by atoms with Crippen LogP contribution in [0.1, 0.15) is 22.8 Å². The number of nitriles is 1. The number of benzene rings is 2. The van der Waals surface area contributed by atoms with Gasteiger partial charge in [-0.3, -0.25) is 4.79 Å². The van der Waals surface area contributed by atoms with Crippen molar-refractivity contribution < 1.29 is 23.5 Å². The first-order chi connectivity index (χ1) is 11.9. The number of carbonyl (C=O) groups is 2. The number of hydrogen-bond acceptors (Lipinski definition) is 5. The van der Waals surface area contributed by atoms with E-state index in [0.717, 1.165) is 6.07 Å². The molecule has 128 valence electrons. The van der Waals surface area contributed by atoms with Crippen LogP contribution in [0.4, 0.5) is 10.1 Å². The van der Waals surface area contributed by atoms with Crippen molar-refractivity contribution in [1.29, 1.82) is 5.26 Å². The van der Waals surface area contributed by atoms with Gasteiger partial charge < -0.3 is 14.8 Å². The molecule has 0 saturated carbocycles. The smallest absolute Gasteiger partial charge is 0.339 e. The summed E-state index contributed by atoms with van der Waals surface area (Å²) in [7, 11) is 1.31. The molecule has 1 atom stereocenters. The fourth-order valence-electron chi connectivity index (χ4n) is 1.99. The van der Waals surface area contributed by atoms with Crippen molar-refractivity contribution in [3.63, 3.8) is 0 Å². The van der Waals surface area contributed by atoms with Gasteiger partial charge in [-0.25, -0.2) is 9.18 Å². The van der Waals surface area contributed by atoms with Crippen molar-refractivity contribution in [3.05, 3.63) is 59.4 Å². The summed E-state index contributed by atoms with van der Waals surface area (Å²) < 4.78 is 23.4. The molecule has 0 aliphatic heterocycles. The average Bonchev–Trinajstić information content (AvgIpc) is 2.61. The van der Waals surface area contributed by atoms with E-state index in [4.69, 9.17) is 14.7 Å². The molecular weight excluding hydrogens is 327 g/mol. The van der Waals surface area contributed by atoms with Gasteiger partial charge in [0.15, 0.2) is 17.7 Å². The summed E-state index contributed by atoms with van der Waals surface area (Å²) in [6, 6.07) is 11.9. The van der Waals surface area contributed by atoms with Crippen LogP contribution in [0.15, 0.2) is 42.5 Å². The van der Waals surface area contributed by atoms with Crippen LogP contribution in [0.5, 0.6) is 5.75 Å². The van der Waals surface area contributed by atoms with Gasteiger partial charge in [0.05, 0.1) is 24.3 Å². The number of hydrogen-bond donors (Lipinski definition) is 1. The molecule has 1 N–H and O–H groups in total. The SMILES string of the molecule is COc1ccc(C(=O)O[C@H](C)C(=O)Nc2cccc(C#N)c2)cc1F. The van der Waals surface area contributed by atoms with Gasteiger partial charge in [0.1, 0.15) is 0 Å². The Bertz CT molecular complexity index is 845. The van der Waals surface area contributed by atoms with E-state index in [1.54, 1.807) is 18.2 Å². The predicted molar refractivity (Wildman–Crippen MR) is 87.6 cm³/mol. The standard InChI is InChI=1S/C18H15FN2O4/c1-11(17(22)21-14-5-3-4-12(8-14)10-20)25-18(23)13-6-7-16(24-2)15(19)9-13/h3-9,11H,1-2H3,(H,21,22)/t11-/m1/s1. The van der Waals surface area contributed by atoms with Crippen LogP contribution in [0, 0.1) is 17.1 Å². The lowest BCUT2D eigenvalue weighted by atomic mass is 10.2. The molecule has 2 rings (SSSR count). The zero-order valence-corrected chi connectivity index (χ0v) is 13.6. The zero-order chi connectivity index (χ0) is 18.4. The van der Waals surface area contributed by atoms with E-state index in [1.807, 2.05) is 6.07 Å². The van der Waals surface area contributed by atoms with E-state index >= 15 is 0 Å². The Morgan fingerprint density at radius 2 is 2.00 bits per heavy atom. The molecule has 2 aromatic carbocycles. The summed E-state index contributed by atoms with van der Waals surface area (Å²) >= 11 is 0. The van der Waals surface area contributed by atoms with Crippen molar-refractivity contribution in [1.82, 2.24) is 0 Å². The van der Waals surface area contributed by atoms with Crippen molar-refractivity contribution in [2.45, 2.75) is 13.0 Å². The molecule has 0 radical (unpaired) electrons. The van der Waals surface area contributed by atoms with Crippen molar-refractivity contribution in [2.24, 2.45) is 0 Å². The lowest BCUT2D eigenvalue weighted by Crippen LogP contribution is -2.30. The molecule has 0 aliphatic carbocycles. The van der Waals surface area contributed by atoms with Gasteiger partial charge in [0.25, 0.3) is 5.91 Å². The Morgan fingerprint density at radius 1 is 1.24 bits per heavy atom. The fourth-order valence-corrected chi connectivity index (χ4v) is 1.99. The van der Waals surface area contributed by atoms with E-state index in [1.165, 1.54) is 32.2 Å². The maximum atomic E-state index is 13.6. The summed E-state index contributed by atoms with van der Waals surface area (Å²) in [6.07, 6.45) is -1.11. The number of carbonyl (C=O) groups excluding carboxylic acids is 2. The maximum Gasteiger partial charge on any atom is 0.339 e. The minimum atomic E-state index is -1.11. The fraction of sp³-hybridized carbons (Fsp3) is 0.167. The molecule has 0 saturated heterocycles. The van der Waals surface area contributed by atoms with Gasteiger partial charge >= 0.3 is 5.97 Å². The molecule has 25 heavy (non-hydrogen) atoms.